The molecule has 0 bridgehead atoms. The second-order valence-corrected chi connectivity index (χ2v) is 7.85. The van der Waals surface area contributed by atoms with E-state index in [1.54, 1.807) is 0 Å². The van der Waals surface area contributed by atoms with Gasteiger partial charge in [-0.25, -0.2) is 8.42 Å². The molecule has 19 heavy (non-hydrogen) atoms. The maximum Gasteiger partial charge on any atom is 0.320 e. The first kappa shape index (κ1) is 14.7. The molecule has 1 heterocycles. The van der Waals surface area contributed by atoms with Gasteiger partial charge in [0.05, 0.1) is 11.5 Å². The highest BCUT2D eigenvalue weighted by atomic mass is 32.2. The first-order chi connectivity index (χ1) is 8.87. The molecule has 2 aliphatic rings. The number of sulfone groups is 1. The Bertz CT molecular complexity index is 433. The topological polar surface area (TPSA) is 86.7 Å². The minimum absolute atomic E-state index is 0.0193. The lowest BCUT2D eigenvalue weighted by atomic mass is 10.1. The predicted molar refractivity (Wildman–Crippen MR) is 71.9 cm³/mol. The fourth-order valence-electron chi connectivity index (χ4n) is 2.47. The van der Waals surface area contributed by atoms with Crippen molar-refractivity contribution in [2.75, 3.05) is 24.6 Å². The van der Waals surface area contributed by atoms with Crippen LogP contribution in [0.25, 0.3) is 0 Å². The van der Waals surface area contributed by atoms with E-state index in [4.69, 9.17) is 5.11 Å². The molecule has 2 rings (SSSR count). The fourth-order valence-corrected chi connectivity index (χ4v) is 4.10. The minimum atomic E-state index is -2.90. The Kier molecular flexibility index (Phi) is 4.47. The second kappa shape index (κ2) is 5.76. The fraction of sp³-hybridized carbons (Fsp3) is 0.917. The monoisotopic (exact) mass is 290 g/mol. The van der Waals surface area contributed by atoms with Gasteiger partial charge >= 0.3 is 5.97 Å². The summed E-state index contributed by atoms with van der Waals surface area (Å²) in [5.74, 6) is -0.449. The zero-order valence-electron chi connectivity index (χ0n) is 11.2. The lowest BCUT2D eigenvalue weighted by Gasteiger charge is -2.33. The zero-order valence-corrected chi connectivity index (χ0v) is 12.0. The number of nitrogens with zero attached hydrogens (tertiary/aromatic N) is 1. The van der Waals surface area contributed by atoms with Crippen LogP contribution in [0.3, 0.4) is 0 Å². The molecule has 110 valence electrons. The molecule has 0 spiro atoms. The summed E-state index contributed by atoms with van der Waals surface area (Å²) in [7, 11) is -2.90. The standard InChI is InChI=1S/C12H22N2O4S/c1-9-8-19(17,18)7-6-14(9)5-4-11(12(15)16)13-10-2-3-10/h9-11,13H,2-8H2,1H3,(H,15,16). The van der Waals surface area contributed by atoms with Gasteiger partial charge in [0.25, 0.3) is 0 Å². The van der Waals surface area contributed by atoms with Crippen LogP contribution in [0.1, 0.15) is 26.2 Å². The third-order valence-corrected chi connectivity index (χ3v) is 5.62. The maximum absolute atomic E-state index is 11.5. The number of carboxylic acid groups (broad SMARTS) is 1. The van der Waals surface area contributed by atoms with Gasteiger partial charge in [-0.1, -0.05) is 0 Å². The Balaban J connectivity index is 1.81. The Morgan fingerprint density at radius 2 is 2.16 bits per heavy atom. The molecule has 7 heteroatoms. The average Bonchev–Trinajstić information content (AvgIpc) is 3.08. The maximum atomic E-state index is 11.5. The molecular formula is C12H22N2O4S. The van der Waals surface area contributed by atoms with Gasteiger partial charge in [-0.3, -0.25) is 9.69 Å². The van der Waals surface area contributed by atoms with E-state index in [0.717, 1.165) is 12.8 Å². The van der Waals surface area contributed by atoms with Crippen LogP contribution >= 0.6 is 0 Å². The van der Waals surface area contributed by atoms with E-state index in [1.807, 2.05) is 6.92 Å². The van der Waals surface area contributed by atoms with E-state index in [-0.39, 0.29) is 17.5 Å². The molecule has 1 aliphatic heterocycles. The van der Waals surface area contributed by atoms with E-state index < -0.39 is 21.8 Å². The number of nitrogens with one attached hydrogen (secondary N) is 1. The molecule has 0 aromatic rings. The van der Waals surface area contributed by atoms with Gasteiger partial charge < -0.3 is 10.4 Å². The van der Waals surface area contributed by atoms with Gasteiger partial charge in [-0.05, 0) is 26.2 Å². The molecule has 2 N–H and O–H groups in total. The van der Waals surface area contributed by atoms with Crippen LogP contribution < -0.4 is 5.32 Å². The molecule has 1 aliphatic carbocycles. The van der Waals surface area contributed by atoms with E-state index in [0.29, 0.717) is 25.6 Å². The van der Waals surface area contributed by atoms with Crippen LogP contribution in [0, 0.1) is 0 Å². The van der Waals surface area contributed by atoms with Crippen molar-refractivity contribution in [1.82, 2.24) is 10.2 Å². The zero-order chi connectivity index (χ0) is 14.0. The summed E-state index contributed by atoms with van der Waals surface area (Å²) < 4.78 is 22.9. The summed E-state index contributed by atoms with van der Waals surface area (Å²) in [5, 5.41) is 12.3. The van der Waals surface area contributed by atoms with Crippen LogP contribution in [0.4, 0.5) is 0 Å². The van der Waals surface area contributed by atoms with Crippen molar-refractivity contribution >= 4 is 15.8 Å². The molecule has 0 amide bonds. The quantitative estimate of drug-likeness (QED) is 0.698. The summed E-state index contributed by atoms with van der Waals surface area (Å²) in [4.78, 5) is 13.2. The molecule has 2 fully saturated rings. The van der Waals surface area contributed by atoms with Crippen LogP contribution in [-0.2, 0) is 14.6 Å². The van der Waals surface area contributed by atoms with Gasteiger partial charge in [0.1, 0.15) is 6.04 Å². The molecule has 1 saturated carbocycles. The predicted octanol–water partition coefficient (Wildman–Crippen LogP) is -0.299. The molecule has 2 unspecified atom stereocenters. The molecule has 0 aromatic heterocycles. The Hall–Kier alpha value is -0.660. The van der Waals surface area contributed by atoms with Crippen LogP contribution in [0.5, 0.6) is 0 Å². The third kappa shape index (κ3) is 4.43. The number of aliphatic carboxylic acids is 1. The highest BCUT2D eigenvalue weighted by Crippen LogP contribution is 2.20. The lowest BCUT2D eigenvalue weighted by molar-refractivity contribution is -0.139. The second-order valence-electron chi connectivity index (χ2n) is 5.62. The number of hydrogen-bond donors (Lipinski definition) is 2. The van der Waals surface area contributed by atoms with Crippen molar-refractivity contribution in [2.45, 2.75) is 44.3 Å². The summed E-state index contributed by atoms with van der Waals surface area (Å²) in [6.07, 6.45) is 2.64. The summed E-state index contributed by atoms with van der Waals surface area (Å²) in [6, 6.07) is -0.174. The van der Waals surface area contributed by atoms with E-state index >= 15 is 0 Å². The highest BCUT2D eigenvalue weighted by molar-refractivity contribution is 7.91. The van der Waals surface area contributed by atoms with Gasteiger partial charge in [0.2, 0.25) is 0 Å². The molecule has 0 aromatic carbocycles. The molecule has 0 radical (unpaired) electrons. The van der Waals surface area contributed by atoms with Crippen molar-refractivity contribution in [1.29, 1.82) is 0 Å². The first-order valence-electron chi connectivity index (χ1n) is 6.81. The molecular weight excluding hydrogens is 268 g/mol. The average molecular weight is 290 g/mol. The van der Waals surface area contributed by atoms with Crippen LogP contribution in [-0.4, -0.2) is 67.1 Å². The number of rotatable bonds is 6. The molecule has 6 nitrogen and oxygen atoms in total. The van der Waals surface area contributed by atoms with Gasteiger partial charge in [-0.15, -0.1) is 0 Å². The van der Waals surface area contributed by atoms with Crippen molar-refractivity contribution < 1.29 is 18.3 Å². The van der Waals surface area contributed by atoms with E-state index in [1.165, 1.54) is 0 Å². The molecule has 1 saturated heterocycles. The molecule has 2 atom stereocenters. The lowest BCUT2D eigenvalue weighted by Crippen LogP contribution is -2.49. The first-order valence-corrected chi connectivity index (χ1v) is 8.63. The number of carboxylic acids is 1. The Morgan fingerprint density at radius 3 is 2.68 bits per heavy atom. The summed E-state index contributed by atoms with van der Waals surface area (Å²) in [6.45, 7) is 3.04. The summed E-state index contributed by atoms with van der Waals surface area (Å²) in [5.41, 5.74) is 0. The van der Waals surface area contributed by atoms with Gasteiger partial charge in [0, 0.05) is 25.2 Å². The largest absolute Gasteiger partial charge is 0.480 e. The Morgan fingerprint density at radius 1 is 1.47 bits per heavy atom. The highest BCUT2D eigenvalue weighted by Gasteiger charge is 2.31. The van der Waals surface area contributed by atoms with Crippen LogP contribution in [0.15, 0.2) is 0 Å². The summed E-state index contributed by atoms with van der Waals surface area (Å²) >= 11 is 0. The van der Waals surface area contributed by atoms with Crippen molar-refractivity contribution in [3.8, 4) is 0 Å². The van der Waals surface area contributed by atoms with E-state index in [9.17, 15) is 13.2 Å². The SMILES string of the molecule is CC1CS(=O)(=O)CCN1CCC(NC1CC1)C(=O)O. The minimum Gasteiger partial charge on any atom is -0.480 e. The van der Waals surface area contributed by atoms with Gasteiger partial charge in [0.15, 0.2) is 9.84 Å². The van der Waals surface area contributed by atoms with Crippen molar-refractivity contribution in [3.05, 3.63) is 0 Å². The van der Waals surface area contributed by atoms with Crippen molar-refractivity contribution in [3.63, 3.8) is 0 Å². The van der Waals surface area contributed by atoms with Crippen molar-refractivity contribution in [2.24, 2.45) is 0 Å². The normalized spacial score (nSPS) is 29.0. The van der Waals surface area contributed by atoms with Crippen LogP contribution in [0.2, 0.25) is 0 Å². The third-order valence-electron chi connectivity index (χ3n) is 3.83. The number of hydrogen-bond acceptors (Lipinski definition) is 5. The van der Waals surface area contributed by atoms with Gasteiger partial charge in [-0.2, -0.15) is 0 Å². The van der Waals surface area contributed by atoms with E-state index in [2.05, 4.69) is 10.2 Å². The Labute approximate surface area is 114 Å². The smallest absolute Gasteiger partial charge is 0.320 e. The number of carbonyl (C=O) groups is 1.